The van der Waals surface area contributed by atoms with E-state index in [1.165, 1.54) is 95.9 Å². The standard InChI is InChI=1S/C54H72O5/c1-7-11-13-14-40-15-17-43(18-16-40)44-19-21-45(22-20-44)50-26-23-46(34-41(50)9-3)47-24-27-51(42(10-4)35-47)48-25-28-52(49(36-48)29-32-59-53(57)39(5)6)58-33-31-54(37-55,38-56)30-12-8-2/h19-28,34-36,40,43,55-56H,5,7-18,29-33,37-38H2,1-4,6H3. The normalized spacial score (nSPS) is 15.6. The quantitative estimate of drug-likeness (QED) is 0.0444. The van der Waals surface area contributed by atoms with E-state index in [0.717, 1.165) is 54.9 Å². The topological polar surface area (TPSA) is 76.0 Å². The van der Waals surface area contributed by atoms with E-state index in [1.807, 2.05) is 6.07 Å². The Hall–Kier alpha value is -4.19. The number of carbonyl (C=O) groups is 1. The van der Waals surface area contributed by atoms with Crippen LogP contribution in [0.2, 0.25) is 0 Å². The molecular weight excluding hydrogens is 729 g/mol. The number of aryl methyl sites for hydroxylation is 2. The minimum atomic E-state index is -0.569. The maximum absolute atomic E-state index is 12.2. The summed E-state index contributed by atoms with van der Waals surface area (Å²) in [5, 5.41) is 20.3. The van der Waals surface area contributed by atoms with Crippen LogP contribution in [0.4, 0.5) is 0 Å². The van der Waals surface area contributed by atoms with Crippen LogP contribution >= 0.6 is 0 Å². The van der Waals surface area contributed by atoms with Gasteiger partial charge < -0.3 is 19.7 Å². The number of benzene rings is 4. The third-order valence-corrected chi connectivity index (χ3v) is 13.0. The molecule has 0 unspecified atom stereocenters. The Bertz CT molecular complexity index is 1930. The largest absolute Gasteiger partial charge is 0.493 e. The van der Waals surface area contributed by atoms with Crippen LogP contribution in [-0.2, 0) is 28.8 Å². The SMILES string of the molecule is C=C(C)C(=O)OCCc1cc(-c2ccc(-c3ccc(-c4ccc(C5CCC(CCCCC)CC5)cc4)c(CC)c3)cc2CC)ccc1OCCC(CO)(CO)CCCC. The molecule has 5 rings (SSSR count). The highest BCUT2D eigenvalue weighted by molar-refractivity contribution is 5.87. The first-order valence-corrected chi connectivity index (χ1v) is 22.8. The molecule has 318 valence electrons. The molecule has 5 heteroatoms. The summed E-state index contributed by atoms with van der Waals surface area (Å²) in [6.07, 6.45) is 16.5. The van der Waals surface area contributed by atoms with Crippen LogP contribution in [0.15, 0.2) is 91.0 Å². The zero-order chi connectivity index (χ0) is 42.2. The van der Waals surface area contributed by atoms with Crippen LogP contribution in [0.3, 0.4) is 0 Å². The van der Waals surface area contributed by atoms with Crippen molar-refractivity contribution in [3.63, 3.8) is 0 Å². The van der Waals surface area contributed by atoms with Crippen molar-refractivity contribution in [2.24, 2.45) is 11.3 Å². The van der Waals surface area contributed by atoms with Crippen LogP contribution in [0, 0.1) is 11.3 Å². The molecular formula is C54H72O5. The summed E-state index contributed by atoms with van der Waals surface area (Å²) < 4.78 is 11.8. The van der Waals surface area contributed by atoms with E-state index in [-0.39, 0.29) is 19.8 Å². The van der Waals surface area contributed by atoms with Gasteiger partial charge in [-0.25, -0.2) is 4.79 Å². The molecule has 4 aromatic rings. The maximum Gasteiger partial charge on any atom is 0.333 e. The lowest BCUT2D eigenvalue weighted by Gasteiger charge is -2.30. The molecule has 0 radical (unpaired) electrons. The van der Waals surface area contributed by atoms with Gasteiger partial charge in [0.05, 0.1) is 26.4 Å². The van der Waals surface area contributed by atoms with Gasteiger partial charge >= 0.3 is 5.97 Å². The van der Waals surface area contributed by atoms with Crippen molar-refractivity contribution in [3.05, 3.63) is 113 Å². The Labute approximate surface area is 356 Å². The number of unbranched alkanes of at least 4 members (excludes halogenated alkanes) is 3. The Balaban J connectivity index is 1.33. The zero-order valence-electron chi connectivity index (χ0n) is 36.9. The molecule has 1 aliphatic rings. The Morgan fingerprint density at radius 3 is 1.83 bits per heavy atom. The van der Waals surface area contributed by atoms with Crippen molar-refractivity contribution in [2.45, 2.75) is 137 Å². The summed E-state index contributed by atoms with van der Waals surface area (Å²) in [4.78, 5) is 12.2. The smallest absolute Gasteiger partial charge is 0.333 e. The van der Waals surface area contributed by atoms with Gasteiger partial charge in [-0.15, -0.1) is 0 Å². The third kappa shape index (κ3) is 12.4. The molecule has 1 fully saturated rings. The Morgan fingerprint density at radius 2 is 1.25 bits per heavy atom. The molecule has 2 N–H and O–H groups in total. The summed E-state index contributed by atoms with van der Waals surface area (Å²) in [5.74, 6) is 1.95. The highest BCUT2D eigenvalue weighted by Crippen LogP contribution is 2.40. The van der Waals surface area contributed by atoms with Gasteiger partial charge in [0.1, 0.15) is 5.75 Å². The van der Waals surface area contributed by atoms with Gasteiger partial charge in [0.25, 0.3) is 0 Å². The second-order valence-electron chi connectivity index (χ2n) is 17.3. The van der Waals surface area contributed by atoms with Crippen molar-refractivity contribution >= 4 is 5.97 Å². The fourth-order valence-electron chi connectivity index (χ4n) is 8.98. The van der Waals surface area contributed by atoms with Gasteiger partial charge in [0.2, 0.25) is 0 Å². The summed E-state index contributed by atoms with van der Waals surface area (Å²) in [6, 6.07) is 29.5. The van der Waals surface area contributed by atoms with E-state index in [9.17, 15) is 15.0 Å². The molecule has 0 aromatic heterocycles. The summed E-state index contributed by atoms with van der Waals surface area (Å²) in [5.41, 5.74) is 12.2. The van der Waals surface area contributed by atoms with Crippen LogP contribution in [0.5, 0.6) is 5.75 Å². The minimum absolute atomic E-state index is 0.0803. The monoisotopic (exact) mass is 801 g/mol. The number of carbonyl (C=O) groups excluding carboxylic acids is 1. The molecule has 59 heavy (non-hydrogen) atoms. The van der Waals surface area contributed by atoms with Crippen molar-refractivity contribution in [2.75, 3.05) is 26.4 Å². The number of esters is 1. The second kappa shape index (κ2) is 23.0. The van der Waals surface area contributed by atoms with E-state index in [1.54, 1.807) is 6.92 Å². The first-order chi connectivity index (χ1) is 28.7. The molecule has 4 aromatic carbocycles. The highest BCUT2D eigenvalue weighted by atomic mass is 16.5. The maximum atomic E-state index is 12.2. The highest BCUT2D eigenvalue weighted by Gasteiger charge is 2.28. The van der Waals surface area contributed by atoms with E-state index >= 15 is 0 Å². The fourth-order valence-corrected chi connectivity index (χ4v) is 8.98. The summed E-state index contributed by atoms with van der Waals surface area (Å²) >= 11 is 0. The Kier molecular flexibility index (Phi) is 17.9. The number of rotatable bonds is 23. The number of ether oxygens (including phenoxy) is 2. The molecule has 0 spiro atoms. The van der Waals surface area contributed by atoms with Gasteiger partial charge in [-0.1, -0.05) is 140 Å². The lowest BCUT2D eigenvalue weighted by atomic mass is 9.77. The lowest BCUT2D eigenvalue weighted by Crippen LogP contribution is -2.32. The molecule has 0 atom stereocenters. The van der Waals surface area contributed by atoms with Gasteiger partial charge in [-0.2, -0.15) is 0 Å². The van der Waals surface area contributed by atoms with Crippen LogP contribution in [0.1, 0.15) is 140 Å². The van der Waals surface area contributed by atoms with Gasteiger partial charge in [-0.05, 0) is 138 Å². The van der Waals surface area contributed by atoms with Crippen molar-refractivity contribution in [1.29, 1.82) is 0 Å². The Morgan fingerprint density at radius 1 is 0.678 bits per heavy atom. The van der Waals surface area contributed by atoms with Gasteiger partial charge in [0, 0.05) is 17.4 Å². The summed E-state index contributed by atoms with van der Waals surface area (Å²) in [7, 11) is 0. The van der Waals surface area contributed by atoms with Crippen molar-refractivity contribution in [1.82, 2.24) is 0 Å². The van der Waals surface area contributed by atoms with Crippen LogP contribution < -0.4 is 4.74 Å². The van der Waals surface area contributed by atoms with E-state index in [2.05, 4.69) is 107 Å². The minimum Gasteiger partial charge on any atom is -0.493 e. The number of hydrogen-bond acceptors (Lipinski definition) is 5. The average molecular weight is 801 g/mol. The van der Waals surface area contributed by atoms with Gasteiger partial charge in [-0.3, -0.25) is 0 Å². The first-order valence-electron chi connectivity index (χ1n) is 22.8. The number of aliphatic hydroxyl groups is 2. The molecule has 0 saturated heterocycles. The zero-order valence-corrected chi connectivity index (χ0v) is 36.9. The third-order valence-electron chi connectivity index (χ3n) is 13.0. The van der Waals surface area contributed by atoms with E-state index < -0.39 is 11.4 Å². The van der Waals surface area contributed by atoms with Gasteiger partial charge in [0.15, 0.2) is 0 Å². The molecule has 0 aliphatic heterocycles. The molecule has 5 nitrogen and oxygen atoms in total. The van der Waals surface area contributed by atoms with Crippen LogP contribution in [0.25, 0.3) is 33.4 Å². The number of hydrogen-bond donors (Lipinski definition) is 2. The first kappa shape index (κ1) is 45.9. The predicted octanol–water partition coefficient (Wildman–Crippen LogP) is 13.3. The fraction of sp³-hybridized carbons (Fsp3) is 0.500. The molecule has 1 aliphatic carbocycles. The summed E-state index contributed by atoms with van der Waals surface area (Å²) in [6.45, 7) is 14.6. The average Bonchev–Trinajstić information content (AvgIpc) is 3.28. The van der Waals surface area contributed by atoms with Crippen LogP contribution in [-0.4, -0.2) is 42.6 Å². The second-order valence-corrected chi connectivity index (χ2v) is 17.3. The van der Waals surface area contributed by atoms with E-state index in [0.29, 0.717) is 30.9 Å². The van der Waals surface area contributed by atoms with Crippen molar-refractivity contribution in [3.8, 4) is 39.1 Å². The predicted molar refractivity (Wildman–Crippen MR) is 246 cm³/mol. The van der Waals surface area contributed by atoms with E-state index in [4.69, 9.17) is 9.47 Å². The lowest BCUT2D eigenvalue weighted by molar-refractivity contribution is -0.138. The molecule has 0 amide bonds. The molecule has 0 heterocycles. The molecule has 0 bridgehead atoms. The van der Waals surface area contributed by atoms with Crippen molar-refractivity contribution < 1.29 is 24.5 Å². The molecule has 1 saturated carbocycles. The number of aliphatic hydroxyl groups excluding tert-OH is 2.